The van der Waals surface area contributed by atoms with E-state index in [0.29, 0.717) is 12.7 Å². The number of carboxylic acids is 1. The molecule has 0 bridgehead atoms. The molecule has 3 nitrogen and oxygen atoms in total. The van der Waals surface area contributed by atoms with Gasteiger partial charge in [0.1, 0.15) is 0 Å². The van der Waals surface area contributed by atoms with Crippen LogP contribution >= 0.6 is 45.2 Å². The van der Waals surface area contributed by atoms with Gasteiger partial charge in [-0.3, -0.25) is 4.98 Å². The Morgan fingerprint density at radius 1 is 1.36 bits per heavy atom. The van der Waals surface area contributed by atoms with E-state index in [4.69, 9.17) is 5.11 Å². The number of aromatic nitrogens is 1. The molecule has 1 aromatic heterocycles. The second-order valence-electron chi connectivity index (χ2n) is 1.78. The maximum Gasteiger partial charge on any atom is 0.337 e. The summed E-state index contributed by atoms with van der Waals surface area (Å²) in [5, 5.41) is 8.71. The van der Waals surface area contributed by atoms with E-state index < -0.39 is 5.97 Å². The van der Waals surface area contributed by atoms with Gasteiger partial charge in [-0.1, -0.05) is 0 Å². The molecular formula is C6H3I2NO2. The van der Waals surface area contributed by atoms with Crippen molar-refractivity contribution in [2.45, 2.75) is 0 Å². The zero-order valence-corrected chi connectivity index (χ0v) is 9.53. The summed E-state index contributed by atoms with van der Waals surface area (Å²) in [7, 11) is 0. The third-order valence-electron chi connectivity index (χ3n) is 1.07. The molecule has 1 heterocycles. The molecule has 0 unspecified atom stereocenters. The van der Waals surface area contributed by atoms with Gasteiger partial charge in [0.15, 0.2) is 0 Å². The van der Waals surface area contributed by atoms with Crippen molar-refractivity contribution >= 4 is 51.2 Å². The first-order valence-corrected chi connectivity index (χ1v) is 4.81. The second kappa shape index (κ2) is 3.65. The molecule has 1 aromatic rings. The molecule has 0 radical (unpaired) electrons. The summed E-state index contributed by atoms with van der Waals surface area (Å²) >= 11 is 3.91. The third-order valence-corrected chi connectivity index (χ3v) is 2.70. The van der Waals surface area contributed by atoms with Crippen LogP contribution in [0.15, 0.2) is 12.4 Å². The molecule has 11 heavy (non-hydrogen) atoms. The maximum atomic E-state index is 10.6. The van der Waals surface area contributed by atoms with Gasteiger partial charge in [-0.2, -0.15) is 0 Å². The number of pyridine rings is 1. The van der Waals surface area contributed by atoms with E-state index in [0.717, 1.165) is 0 Å². The van der Waals surface area contributed by atoms with Crippen LogP contribution in [-0.4, -0.2) is 16.1 Å². The summed E-state index contributed by atoms with van der Waals surface area (Å²) in [4.78, 5) is 14.5. The zero-order valence-electron chi connectivity index (χ0n) is 5.21. The smallest absolute Gasteiger partial charge is 0.337 e. The van der Waals surface area contributed by atoms with Gasteiger partial charge in [-0.05, 0) is 45.2 Å². The topological polar surface area (TPSA) is 50.2 Å². The van der Waals surface area contributed by atoms with Gasteiger partial charge in [0.25, 0.3) is 0 Å². The fraction of sp³-hybridized carbons (Fsp3) is 0. The van der Waals surface area contributed by atoms with Crippen LogP contribution in [0.3, 0.4) is 0 Å². The molecule has 1 rings (SSSR count). The molecule has 0 saturated carbocycles. The molecule has 0 aliphatic rings. The quantitative estimate of drug-likeness (QED) is 0.765. The number of nitrogens with zero attached hydrogens (tertiary/aromatic N) is 1. The van der Waals surface area contributed by atoms with Crippen molar-refractivity contribution in [2.24, 2.45) is 0 Å². The minimum absolute atomic E-state index is 0.334. The van der Waals surface area contributed by atoms with Crippen molar-refractivity contribution in [1.82, 2.24) is 4.98 Å². The highest BCUT2D eigenvalue weighted by Gasteiger charge is 2.11. The Morgan fingerprint density at radius 2 is 1.82 bits per heavy atom. The van der Waals surface area contributed by atoms with E-state index in [1.807, 2.05) is 45.2 Å². The van der Waals surface area contributed by atoms with E-state index in [1.54, 1.807) is 0 Å². The van der Waals surface area contributed by atoms with Gasteiger partial charge in [-0.15, -0.1) is 0 Å². The summed E-state index contributed by atoms with van der Waals surface area (Å²) in [5.74, 6) is -0.902. The molecule has 0 aliphatic carbocycles. The highest BCUT2D eigenvalue weighted by molar-refractivity contribution is 14.1. The van der Waals surface area contributed by atoms with Crippen LogP contribution in [-0.2, 0) is 0 Å². The lowest BCUT2D eigenvalue weighted by Crippen LogP contribution is -2.03. The van der Waals surface area contributed by atoms with Crippen molar-refractivity contribution in [2.75, 3.05) is 0 Å². The molecule has 0 fully saturated rings. The number of aromatic carboxylic acids is 1. The Morgan fingerprint density at radius 3 is 2.09 bits per heavy atom. The van der Waals surface area contributed by atoms with Crippen molar-refractivity contribution < 1.29 is 9.90 Å². The van der Waals surface area contributed by atoms with Crippen LogP contribution in [0, 0.1) is 7.14 Å². The number of hydrogen-bond donors (Lipinski definition) is 1. The highest BCUT2D eigenvalue weighted by atomic mass is 127. The molecule has 58 valence electrons. The van der Waals surface area contributed by atoms with Crippen molar-refractivity contribution in [3.8, 4) is 0 Å². The number of hydrogen-bond acceptors (Lipinski definition) is 2. The lowest BCUT2D eigenvalue weighted by Gasteiger charge is -1.99. The first-order valence-electron chi connectivity index (χ1n) is 2.65. The minimum Gasteiger partial charge on any atom is -0.478 e. The Bertz CT molecular complexity index is 280. The number of carbonyl (C=O) groups is 1. The van der Waals surface area contributed by atoms with Gasteiger partial charge in [-0.25, -0.2) is 4.79 Å². The van der Waals surface area contributed by atoms with Crippen LogP contribution in [0.4, 0.5) is 0 Å². The van der Waals surface area contributed by atoms with Gasteiger partial charge in [0, 0.05) is 19.5 Å². The maximum absolute atomic E-state index is 10.6. The average molecular weight is 375 g/mol. The minimum atomic E-state index is -0.902. The number of carboxylic acid groups (broad SMARTS) is 1. The van der Waals surface area contributed by atoms with E-state index in [9.17, 15) is 4.79 Å². The van der Waals surface area contributed by atoms with E-state index in [2.05, 4.69) is 4.98 Å². The molecule has 0 aromatic carbocycles. The molecule has 5 heteroatoms. The normalized spacial score (nSPS) is 9.64. The first-order chi connectivity index (χ1) is 5.13. The number of halogens is 2. The monoisotopic (exact) mass is 375 g/mol. The Hall–Kier alpha value is 0.0800. The van der Waals surface area contributed by atoms with Gasteiger partial charge in [0.05, 0.1) is 5.56 Å². The third kappa shape index (κ3) is 2.01. The molecule has 0 atom stereocenters. The van der Waals surface area contributed by atoms with E-state index in [1.165, 1.54) is 12.4 Å². The largest absolute Gasteiger partial charge is 0.478 e. The van der Waals surface area contributed by atoms with Crippen LogP contribution in [0.2, 0.25) is 0 Å². The fourth-order valence-corrected chi connectivity index (χ4v) is 2.50. The van der Waals surface area contributed by atoms with Crippen molar-refractivity contribution in [1.29, 1.82) is 0 Å². The van der Waals surface area contributed by atoms with Crippen LogP contribution < -0.4 is 0 Å². The molecule has 0 aliphatic heterocycles. The van der Waals surface area contributed by atoms with Crippen molar-refractivity contribution in [3.05, 3.63) is 25.1 Å². The van der Waals surface area contributed by atoms with E-state index in [-0.39, 0.29) is 0 Å². The lowest BCUT2D eigenvalue weighted by molar-refractivity contribution is 0.0694. The van der Waals surface area contributed by atoms with Gasteiger partial charge < -0.3 is 5.11 Å². The zero-order chi connectivity index (χ0) is 8.43. The summed E-state index contributed by atoms with van der Waals surface area (Å²) < 4.78 is 1.34. The summed E-state index contributed by atoms with van der Waals surface area (Å²) in [6.07, 6.45) is 3.07. The van der Waals surface area contributed by atoms with Crippen LogP contribution in [0.25, 0.3) is 0 Å². The van der Waals surface area contributed by atoms with Crippen LogP contribution in [0.1, 0.15) is 10.4 Å². The first kappa shape index (κ1) is 9.17. The van der Waals surface area contributed by atoms with Gasteiger partial charge >= 0.3 is 5.97 Å². The Labute approximate surface area is 90.5 Å². The molecule has 1 N–H and O–H groups in total. The van der Waals surface area contributed by atoms with E-state index >= 15 is 0 Å². The predicted molar refractivity (Wildman–Crippen MR) is 56.6 cm³/mol. The fourth-order valence-electron chi connectivity index (χ4n) is 0.616. The average Bonchev–Trinajstić information content (AvgIpc) is 1.85. The summed E-state index contributed by atoms with van der Waals surface area (Å²) in [6, 6.07) is 0. The SMILES string of the molecule is O=C(O)c1c(I)cncc1I. The summed E-state index contributed by atoms with van der Waals surface area (Å²) in [6.45, 7) is 0. The predicted octanol–water partition coefficient (Wildman–Crippen LogP) is 1.99. The van der Waals surface area contributed by atoms with Crippen molar-refractivity contribution in [3.63, 3.8) is 0 Å². The molecule has 0 spiro atoms. The lowest BCUT2D eigenvalue weighted by atomic mass is 10.3. The van der Waals surface area contributed by atoms with Gasteiger partial charge in [0.2, 0.25) is 0 Å². The van der Waals surface area contributed by atoms with Crippen LogP contribution in [0.5, 0.6) is 0 Å². The molecular weight excluding hydrogens is 372 g/mol. The highest BCUT2D eigenvalue weighted by Crippen LogP contribution is 2.16. The summed E-state index contributed by atoms with van der Waals surface area (Å²) in [5.41, 5.74) is 0.334. The second-order valence-corrected chi connectivity index (χ2v) is 4.11. The Balaban J connectivity index is 3.32. The number of rotatable bonds is 1. The molecule has 0 amide bonds. The molecule has 0 saturated heterocycles. The Kier molecular flexibility index (Phi) is 3.05. The standard InChI is InChI=1S/C6H3I2NO2/c7-3-1-9-2-4(8)5(3)6(10)11/h1-2H,(H,10,11).